The molecule has 0 unspecified atom stereocenters. The summed E-state index contributed by atoms with van der Waals surface area (Å²) < 4.78 is 21.3. The highest BCUT2D eigenvalue weighted by molar-refractivity contribution is 5.89. The lowest BCUT2D eigenvalue weighted by Gasteiger charge is -2.11. The summed E-state index contributed by atoms with van der Waals surface area (Å²) in [6.07, 6.45) is 3.06. The fourth-order valence-corrected chi connectivity index (χ4v) is 3.95. The fraction of sp³-hybridized carbons (Fsp3) is 0.0244. The van der Waals surface area contributed by atoms with Crippen LogP contribution in [0.15, 0.2) is 135 Å². The number of carbonyl (C=O) groups is 4. The normalized spacial score (nSPS) is 9.65. The molecule has 0 radical (unpaired) electrons. The molecule has 0 fully saturated rings. The molecule has 0 spiro atoms. The van der Waals surface area contributed by atoms with Crippen molar-refractivity contribution in [1.82, 2.24) is 0 Å². The molecule has 0 saturated carbocycles. The lowest BCUT2D eigenvalue weighted by atomic mass is 10.0. The summed E-state index contributed by atoms with van der Waals surface area (Å²) in [7, 11) is 0. The van der Waals surface area contributed by atoms with Crippen LogP contribution in [0.2, 0.25) is 0 Å². The molecule has 4 aromatic rings. The number of ether oxygens (including phenoxy) is 4. The van der Waals surface area contributed by atoms with Crippen LogP contribution in [0.5, 0.6) is 23.0 Å². The van der Waals surface area contributed by atoms with Crippen molar-refractivity contribution in [2.75, 3.05) is 0 Å². The minimum absolute atomic E-state index is 0.0133. The quantitative estimate of drug-likeness (QED) is 0.0835. The van der Waals surface area contributed by atoms with Gasteiger partial charge in [0.05, 0.1) is 0 Å². The Kier molecular flexibility index (Phi) is 11.6. The zero-order valence-electron chi connectivity index (χ0n) is 26.4. The molecule has 240 valence electrons. The van der Waals surface area contributed by atoms with E-state index in [2.05, 4.69) is 50.0 Å². The molecule has 0 atom stereocenters. The summed E-state index contributed by atoms with van der Waals surface area (Å²) in [5.74, 6) is 9.96. The first-order valence-corrected chi connectivity index (χ1v) is 14.5. The third-order valence-corrected chi connectivity index (χ3v) is 6.37. The van der Waals surface area contributed by atoms with E-state index in [0.717, 1.165) is 29.4 Å². The number of hydrogen-bond acceptors (Lipinski definition) is 8. The van der Waals surface area contributed by atoms with E-state index in [9.17, 15) is 19.2 Å². The van der Waals surface area contributed by atoms with Gasteiger partial charge < -0.3 is 18.9 Å². The van der Waals surface area contributed by atoms with E-state index in [-0.39, 0.29) is 22.6 Å². The number of rotatable bonds is 9. The van der Waals surface area contributed by atoms with Gasteiger partial charge in [0.25, 0.3) is 0 Å². The molecular formula is C41H28O8. The average molecular weight is 649 g/mol. The Hall–Kier alpha value is -7.16. The summed E-state index contributed by atoms with van der Waals surface area (Å²) in [6.45, 7) is 15.4. The molecule has 0 aromatic heterocycles. The van der Waals surface area contributed by atoms with Crippen molar-refractivity contribution in [3.05, 3.63) is 157 Å². The third-order valence-electron chi connectivity index (χ3n) is 6.37. The Labute approximate surface area is 283 Å². The highest BCUT2D eigenvalue weighted by atomic mass is 16.6. The maximum atomic E-state index is 12.3. The summed E-state index contributed by atoms with van der Waals surface area (Å²) in [5.41, 5.74) is 3.73. The Morgan fingerprint density at radius 1 is 0.531 bits per heavy atom. The van der Waals surface area contributed by atoms with E-state index < -0.39 is 23.9 Å². The van der Waals surface area contributed by atoms with Gasteiger partial charge in [-0.3, -0.25) is 0 Å². The standard InChI is InChI=1S/C41H28O8/c1-6-38(42)46-33-22-18-32(19-23-33)31-16-11-28(12-17-31)9-10-30-25-36(48-39(43)7-2)35(37(26-30)49-40(44)8-3)24-15-29-13-20-34(21-14-29)47-41(45)27(4)5/h6-8,11-14,16-23,25-26H,1-4H2,5H3. The average Bonchev–Trinajstić information content (AvgIpc) is 3.11. The van der Waals surface area contributed by atoms with Gasteiger partial charge >= 0.3 is 23.9 Å². The lowest BCUT2D eigenvalue weighted by molar-refractivity contribution is -0.130. The molecule has 8 nitrogen and oxygen atoms in total. The molecule has 0 heterocycles. The first-order valence-electron chi connectivity index (χ1n) is 14.5. The number of carbonyl (C=O) groups excluding carboxylic acids is 4. The van der Waals surface area contributed by atoms with Crippen LogP contribution in [0, 0.1) is 23.7 Å². The van der Waals surface area contributed by atoms with Gasteiger partial charge in [-0.25, -0.2) is 19.2 Å². The van der Waals surface area contributed by atoms with E-state index >= 15 is 0 Å². The molecule has 0 aliphatic rings. The van der Waals surface area contributed by atoms with E-state index in [1.54, 1.807) is 43.3 Å². The smallest absolute Gasteiger partial charge is 0.338 e. The lowest BCUT2D eigenvalue weighted by Crippen LogP contribution is -2.09. The van der Waals surface area contributed by atoms with Gasteiger partial charge in [0.15, 0.2) is 11.5 Å². The second-order valence-electron chi connectivity index (χ2n) is 10.0. The van der Waals surface area contributed by atoms with Crippen molar-refractivity contribution in [2.45, 2.75) is 6.92 Å². The monoisotopic (exact) mass is 648 g/mol. The summed E-state index contributed by atoms with van der Waals surface area (Å²) in [6, 6.07) is 23.8. The van der Waals surface area contributed by atoms with Crippen LogP contribution >= 0.6 is 0 Å². The summed E-state index contributed by atoms with van der Waals surface area (Å²) >= 11 is 0. The molecule has 0 saturated heterocycles. The first-order chi connectivity index (χ1) is 23.6. The van der Waals surface area contributed by atoms with Crippen LogP contribution in [-0.2, 0) is 19.2 Å². The molecule has 0 aliphatic carbocycles. The molecule has 0 N–H and O–H groups in total. The maximum Gasteiger partial charge on any atom is 0.338 e. The zero-order chi connectivity index (χ0) is 35.3. The minimum atomic E-state index is -0.764. The molecule has 49 heavy (non-hydrogen) atoms. The van der Waals surface area contributed by atoms with Crippen LogP contribution in [0.3, 0.4) is 0 Å². The fourth-order valence-electron chi connectivity index (χ4n) is 3.95. The largest absolute Gasteiger partial charge is 0.423 e. The summed E-state index contributed by atoms with van der Waals surface area (Å²) in [5, 5.41) is 0. The number of esters is 4. The van der Waals surface area contributed by atoms with E-state index in [1.165, 1.54) is 12.1 Å². The zero-order valence-corrected chi connectivity index (χ0v) is 26.4. The first kappa shape index (κ1) is 34.7. The van der Waals surface area contributed by atoms with Crippen molar-refractivity contribution in [1.29, 1.82) is 0 Å². The Balaban J connectivity index is 1.66. The van der Waals surface area contributed by atoms with Crippen molar-refractivity contribution in [3.8, 4) is 57.8 Å². The van der Waals surface area contributed by atoms with Crippen LogP contribution in [0.4, 0.5) is 0 Å². The predicted octanol–water partition coefficient (Wildman–Crippen LogP) is 6.91. The molecule has 0 aliphatic heterocycles. The highest BCUT2D eigenvalue weighted by Crippen LogP contribution is 2.31. The number of benzene rings is 4. The van der Waals surface area contributed by atoms with Gasteiger partial charge in [-0.15, -0.1) is 0 Å². The van der Waals surface area contributed by atoms with Crippen molar-refractivity contribution < 1.29 is 38.1 Å². The SMILES string of the molecule is C=CC(=O)Oc1ccc(-c2ccc(C#Cc3cc(OC(=O)C=C)c(C#Cc4ccc(OC(=O)C(=C)C)cc4)c(OC(=O)C=C)c3)cc2)cc1. The van der Waals surface area contributed by atoms with Gasteiger partial charge in [0, 0.05) is 40.5 Å². The Morgan fingerprint density at radius 2 is 0.918 bits per heavy atom. The maximum absolute atomic E-state index is 12.3. The van der Waals surface area contributed by atoms with E-state index in [1.807, 2.05) is 36.4 Å². The van der Waals surface area contributed by atoms with Crippen LogP contribution in [0.25, 0.3) is 11.1 Å². The van der Waals surface area contributed by atoms with Gasteiger partial charge in [-0.1, -0.05) is 74.3 Å². The van der Waals surface area contributed by atoms with Crippen LogP contribution in [-0.4, -0.2) is 23.9 Å². The van der Waals surface area contributed by atoms with Gasteiger partial charge in [0.2, 0.25) is 0 Å². The molecule has 0 amide bonds. The Morgan fingerprint density at radius 3 is 1.41 bits per heavy atom. The van der Waals surface area contributed by atoms with Crippen LogP contribution in [0.1, 0.15) is 29.2 Å². The van der Waals surface area contributed by atoms with E-state index in [4.69, 9.17) is 18.9 Å². The predicted molar refractivity (Wildman–Crippen MR) is 185 cm³/mol. The second-order valence-corrected chi connectivity index (χ2v) is 10.0. The minimum Gasteiger partial charge on any atom is -0.423 e. The topological polar surface area (TPSA) is 105 Å². The molecule has 8 heteroatoms. The highest BCUT2D eigenvalue weighted by Gasteiger charge is 2.16. The molecular weight excluding hydrogens is 620 g/mol. The van der Waals surface area contributed by atoms with Gasteiger partial charge in [-0.2, -0.15) is 0 Å². The molecule has 4 aromatic carbocycles. The molecule has 4 rings (SSSR count). The number of hydrogen-bond donors (Lipinski definition) is 0. The Bertz CT molecular complexity index is 2050. The van der Waals surface area contributed by atoms with Crippen molar-refractivity contribution >= 4 is 23.9 Å². The second kappa shape index (κ2) is 16.4. The van der Waals surface area contributed by atoms with Crippen LogP contribution < -0.4 is 18.9 Å². The van der Waals surface area contributed by atoms with E-state index in [0.29, 0.717) is 28.2 Å². The van der Waals surface area contributed by atoms with Crippen molar-refractivity contribution in [3.63, 3.8) is 0 Å². The van der Waals surface area contributed by atoms with Gasteiger partial charge in [0.1, 0.15) is 17.1 Å². The molecule has 0 bridgehead atoms. The summed E-state index contributed by atoms with van der Waals surface area (Å²) in [4.78, 5) is 47.8. The van der Waals surface area contributed by atoms with Gasteiger partial charge in [-0.05, 0) is 78.7 Å². The third kappa shape index (κ3) is 9.91. The van der Waals surface area contributed by atoms with Crippen molar-refractivity contribution in [2.24, 2.45) is 0 Å².